The van der Waals surface area contributed by atoms with E-state index in [1.165, 1.54) is 56.9 Å². The third kappa shape index (κ3) is 5.87. The highest BCUT2D eigenvalue weighted by Gasteiger charge is 2.26. The van der Waals surface area contributed by atoms with Crippen molar-refractivity contribution in [2.75, 3.05) is 13.2 Å². The Morgan fingerprint density at radius 1 is 0.962 bits per heavy atom. The first kappa shape index (κ1) is 21.5. The number of halogens is 1. The SMILES string of the molecule is CC1CCCC(C)N1CC(O)COc1ccc(C2CCCCC2)cc1.Cl. The molecule has 148 valence electrons. The molecule has 0 spiro atoms. The lowest BCUT2D eigenvalue weighted by Gasteiger charge is -2.40. The third-order valence-electron chi connectivity index (χ3n) is 6.20. The molecule has 3 unspecified atom stereocenters. The maximum atomic E-state index is 10.4. The zero-order valence-corrected chi connectivity index (χ0v) is 17.2. The Balaban J connectivity index is 0.00000243. The minimum absolute atomic E-state index is 0. The maximum Gasteiger partial charge on any atom is 0.119 e. The Morgan fingerprint density at radius 2 is 1.58 bits per heavy atom. The van der Waals surface area contributed by atoms with Gasteiger partial charge in [-0.05, 0) is 63.1 Å². The first-order valence-electron chi connectivity index (χ1n) is 10.3. The van der Waals surface area contributed by atoms with Crippen LogP contribution >= 0.6 is 12.4 Å². The molecule has 0 aromatic heterocycles. The van der Waals surface area contributed by atoms with Crippen molar-refractivity contribution in [3.05, 3.63) is 29.8 Å². The van der Waals surface area contributed by atoms with Crippen molar-refractivity contribution in [2.45, 2.75) is 89.3 Å². The standard InChI is InChI=1S/C22H35NO2.ClH/c1-17-7-6-8-18(2)23(17)15-21(24)16-25-22-13-11-20(12-14-22)19-9-4-3-5-10-19;/h11-14,17-19,21,24H,3-10,15-16H2,1-2H3;1H. The Kier molecular flexibility index (Phi) is 8.72. The Morgan fingerprint density at radius 3 is 2.19 bits per heavy atom. The lowest BCUT2D eigenvalue weighted by molar-refractivity contribution is 0.0209. The summed E-state index contributed by atoms with van der Waals surface area (Å²) < 4.78 is 5.85. The van der Waals surface area contributed by atoms with Crippen molar-refractivity contribution in [2.24, 2.45) is 0 Å². The van der Waals surface area contributed by atoms with Gasteiger partial charge in [0.25, 0.3) is 0 Å². The second-order valence-electron chi connectivity index (χ2n) is 8.19. The molecule has 2 fully saturated rings. The highest BCUT2D eigenvalue weighted by molar-refractivity contribution is 5.85. The minimum Gasteiger partial charge on any atom is -0.491 e. The number of hydrogen-bond donors (Lipinski definition) is 1. The maximum absolute atomic E-state index is 10.4. The molecular formula is C22H36ClNO2. The molecule has 0 radical (unpaired) electrons. The van der Waals surface area contributed by atoms with E-state index in [1.54, 1.807) is 0 Å². The minimum atomic E-state index is -0.430. The van der Waals surface area contributed by atoms with E-state index >= 15 is 0 Å². The smallest absolute Gasteiger partial charge is 0.119 e. The molecule has 3 rings (SSSR count). The molecule has 1 aliphatic heterocycles. The van der Waals surface area contributed by atoms with Crippen molar-refractivity contribution < 1.29 is 9.84 Å². The monoisotopic (exact) mass is 381 g/mol. The number of piperidine rings is 1. The number of β-amino-alcohol motifs (C(OH)–C–C–N with tert-alkyl or cyclic N) is 1. The lowest BCUT2D eigenvalue weighted by atomic mass is 9.84. The predicted molar refractivity (Wildman–Crippen MR) is 110 cm³/mol. The van der Waals surface area contributed by atoms with Crippen molar-refractivity contribution in [1.82, 2.24) is 4.90 Å². The van der Waals surface area contributed by atoms with Gasteiger partial charge in [-0.1, -0.05) is 37.8 Å². The molecule has 2 aliphatic rings. The van der Waals surface area contributed by atoms with E-state index in [0.29, 0.717) is 25.2 Å². The van der Waals surface area contributed by atoms with Crippen LogP contribution in [-0.2, 0) is 0 Å². The predicted octanol–water partition coefficient (Wildman–Crippen LogP) is 5.16. The van der Waals surface area contributed by atoms with Crippen LogP contribution in [0.4, 0.5) is 0 Å². The van der Waals surface area contributed by atoms with Crippen LogP contribution in [0.2, 0.25) is 0 Å². The highest BCUT2D eigenvalue weighted by atomic mass is 35.5. The van der Waals surface area contributed by atoms with Gasteiger partial charge in [0, 0.05) is 18.6 Å². The van der Waals surface area contributed by atoms with Crippen molar-refractivity contribution in [3.63, 3.8) is 0 Å². The molecule has 3 atom stereocenters. The molecule has 3 nitrogen and oxygen atoms in total. The molecule has 26 heavy (non-hydrogen) atoms. The second-order valence-corrected chi connectivity index (χ2v) is 8.19. The third-order valence-corrected chi connectivity index (χ3v) is 6.20. The van der Waals surface area contributed by atoms with Gasteiger partial charge < -0.3 is 9.84 Å². The first-order chi connectivity index (χ1) is 12.1. The molecule has 1 saturated heterocycles. The molecule has 1 N–H and O–H groups in total. The van der Waals surface area contributed by atoms with Crippen LogP contribution < -0.4 is 4.74 Å². The van der Waals surface area contributed by atoms with Crippen LogP contribution in [0, 0.1) is 0 Å². The summed E-state index contributed by atoms with van der Waals surface area (Å²) in [5.74, 6) is 1.61. The number of benzene rings is 1. The van der Waals surface area contributed by atoms with Gasteiger partial charge in [0.2, 0.25) is 0 Å². The number of aliphatic hydroxyl groups excluding tert-OH is 1. The number of rotatable bonds is 6. The summed E-state index contributed by atoms with van der Waals surface area (Å²) in [7, 11) is 0. The van der Waals surface area contributed by atoms with Crippen molar-refractivity contribution >= 4 is 12.4 Å². The van der Waals surface area contributed by atoms with Gasteiger partial charge in [0.15, 0.2) is 0 Å². The summed E-state index contributed by atoms with van der Waals surface area (Å²) in [5.41, 5.74) is 1.45. The number of hydrogen-bond acceptors (Lipinski definition) is 3. The Labute approximate surface area is 165 Å². The Bertz CT molecular complexity index is 505. The first-order valence-corrected chi connectivity index (χ1v) is 10.3. The summed E-state index contributed by atoms with van der Waals surface area (Å²) in [6, 6.07) is 9.70. The van der Waals surface area contributed by atoms with Crippen LogP contribution in [0.5, 0.6) is 5.75 Å². The Hall–Kier alpha value is -0.770. The summed E-state index contributed by atoms with van der Waals surface area (Å²) >= 11 is 0. The van der Waals surface area contributed by atoms with E-state index in [2.05, 4.69) is 43.0 Å². The van der Waals surface area contributed by atoms with Gasteiger partial charge in [0.05, 0.1) is 0 Å². The van der Waals surface area contributed by atoms with Gasteiger partial charge in [-0.15, -0.1) is 12.4 Å². The number of likely N-dealkylation sites (tertiary alicyclic amines) is 1. The van der Waals surface area contributed by atoms with E-state index in [4.69, 9.17) is 4.74 Å². The van der Waals surface area contributed by atoms with E-state index in [-0.39, 0.29) is 12.4 Å². The number of nitrogens with zero attached hydrogens (tertiary/aromatic N) is 1. The summed E-state index contributed by atoms with van der Waals surface area (Å²) in [6.07, 6.45) is 10.1. The average Bonchev–Trinajstić information content (AvgIpc) is 2.64. The van der Waals surface area contributed by atoms with E-state index < -0.39 is 6.10 Å². The normalized spacial score (nSPS) is 26.1. The summed E-state index contributed by atoms with van der Waals surface area (Å²) in [6.45, 7) is 5.63. The van der Waals surface area contributed by atoms with Gasteiger partial charge in [-0.25, -0.2) is 0 Å². The van der Waals surface area contributed by atoms with Gasteiger partial charge >= 0.3 is 0 Å². The number of ether oxygens (including phenoxy) is 1. The molecule has 0 amide bonds. The van der Waals surface area contributed by atoms with Crippen molar-refractivity contribution in [3.8, 4) is 5.75 Å². The summed E-state index contributed by atoms with van der Waals surface area (Å²) in [4.78, 5) is 2.43. The quantitative estimate of drug-likeness (QED) is 0.738. The van der Waals surface area contributed by atoms with E-state index in [9.17, 15) is 5.11 Å². The lowest BCUT2D eigenvalue weighted by Crippen LogP contribution is -2.48. The van der Waals surface area contributed by atoms with Crippen LogP contribution in [0.15, 0.2) is 24.3 Å². The van der Waals surface area contributed by atoms with E-state index in [1.807, 2.05) is 0 Å². The molecular weight excluding hydrogens is 346 g/mol. The molecule has 1 aliphatic carbocycles. The van der Waals surface area contributed by atoms with Crippen LogP contribution in [-0.4, -0.2) is 41.3 Å². The van der Waals surface area contributed by atoms with Gasteiger partial charge in [-0.3, -0.25) is 4.90 Å². The molecule has 1 aromatic rings. The number of aliphatic hydroxyl groups is 1. The fraction of sp³-hybridized carbons (Fsp3) is 0.727. The highest BCUT2D eigenvalue weighted by Crippen LogP contribution is 2.33. The molecule has 1 aromatic carbocycles. The van der Waals surface area contributed by atoms with Crippen molar-refractivity contribution in [1.29, 1.82) is 0 Å². The molecule has 1 saturated carbocycles. The van der Waals surface area contributed by atoms with E-state index in [0.717, 1.165) is 11.7 Å². The summed E-state index contributed by atoms with van der Waals surface area (Å²) in [5, 5.41) is 10.4. The molecule has 4 heteroatoms. The fourth-order valence-electron chi connectivity index (χ4n) is 4.60. The zero-order valence-electron chi connectivity index (χ0n) is 16.4. The van der Waals surface area contributed by atoms with Crippen LogP contribution in [0.3, 0.4) is 0 Å². The van der Waals surface area contributed by atoms with Gasteiger partial charge in [0.1, 0.15) is 18.5 Å². The zero-order chi connectivity index (χ0) is 17.6. The molecule has 1 heterocycles. The topological polar surface area (TPSA) is 32.7 Å². The largest absolute Gasteiger partial charge is 0.491 e. The van der Waals surface area contributed by atoms with Gasteiger partial charge in [-0.2, -0.15) is 0 Å². The molecule has 0 bridgehead atoms. The average molecular weight is 382 g/mol. The van der Waals surface area contributed by atoms with Crippen LogP contribution in [0.1, 0.15) is 76.7 Å². The van der Waals surface area contributed by atoms with Crippen LogP contribution in [0.25, 0.3) is 0 Å². The fourth-order valence-corrected chi connectivity index (χ4v) is 4.60. The second kappa shape index (κ2) is 10.5.